The van der Waals surface area contributed by atoms with Gasteiger partial charge in [-0.2, -0.15) is 0 Å². The van der Waals surface area contributed by atoms with Gasteiger partial charge in [0.25, 0.3) is 0 Å². The molecule has 5 nitrogen and oxygen atoms in total. The minimum absolute atomic E-state index is 0.246. The highest BCUT2D eigenvalue weighted by molar-refractivity contribution is 5.84. The summed E-state index contributed by atoms with van der Waals surface area (Å²) in [5.74, 6) is 0.800. The Morgan fingerprint density at radius 1 is 0.459 bits per heavy atom. The van der Waals surface area contributed by atoms with Gasteiger partial charge in [0.05, 0.1) is 0 Å². The highest BCUT2D eigenvalue weighted by atomic mass is 16.3. The molecule has 5 heteroatoms. The number of aromatic hydroxyl groups is 3. The second-order valence-electron chi connectivity index (χ2n) is 8.52. The highest BCUT2D eigenvalue weighted by Crippen LogP contribution is 2.23. The van der Waals surface area contributed by atoms with Crippen molar-refractivity contribution >= 4 is 21.8 Å². The Balaban J connectivity index is 0.000000130. The second kappa shape index (κ2) is 11.7. The van der Waals surface area contributed by atoms with Crippen LogP contribution in [0.5, 0.6) is 17.2 Å². The molecule has 0 radical (unpaired) electrons. The van der Waals surface area contributed by atoms with E-state index >= 15 is 0 Å². The summed E-state index contributed by atoms with van der Waals surface area (Å²) in [5, 5.41) is 30.1. The van der Waals surface area contributed by atoms with Crippen LogP contribution in [0.25, 0.3) is 32.9 Å². The van der Waals surface area contributed by atoms with E-state index in [1.165, 1.54) is 0 Å². The maximum Gasteiger partial charge on any atom is 0.141 e. The molecule has 2 aromatic heterocycles. The highest BCUT2D eigenvalue weighted by Gasteiger charge is 2.00. The van der Waals surface area contributed by atoms with Crippen molar-refractivity contribution in [1.82, 2.24) is 9.97 Å². The number of hydrogen-bond donors (Lipinski definition) is 3. The summed E-state index contributed by atoms with van der Waals surface area (Å²) < 4.78 is 0. The quantitative estimate of drug-likeness (QED) is 0.222. The summed E-state index contributed by atoms with van der Waals surface area (Å²) in [5.41, 5.74) is 5.36. The van der Waals surface area contributed by atoms with Crippen LogP contribution in [0.15, 0.2) is 115 Å². The molecular formula is C32H28N2O3. The normalized spacial score (nSPS) is 10.2. The molecule has 2 heterocycles. The molecule has 0 atom stereocenters. The van der Waals surface area contributed by atoms with E-state index in [-0.39, 0.29) is 11.5 Å². The Labute approximate surface area is 216 Å². The van der Waals surface area contributed by atoms with Gasteiger partial charge in [0.15, 0.2) is 0 Å². The molecule has 184 valence electrons. The Hall–Kier alpha value is -4.90. The minimum Gasteiger partial charge on any atom is -0.508 e. The fourth-order valence-corrected chi connectivity index (χ4v) is 3.77. The third-order valence-electron chi connectivity index (χ3n) is 5.63. The number of hydrogen-bond acceptors (Lipinski definition) is 5. The van der Waals surface area contributed by atoms with Crippen LogP contribution in [0.3, 0.4) is 0 Å². The summed E-state index contributed by atoms with van der Waals surface area (Å²) in [6, 6.07) is 35.8. The van der Waals surface area contributed by atoms with Gasteiger partial charge in [0, 0.05) is 22.2 Å². The van der Waals surface area contributed by atoms with E-state index in [4.69, 9.17) is 0 Å². The van der Waals surface area contributed by atoms with E-state index in [1.807, 2.05) is 105 Å². The number of para-hydroxylation sites is 2. The zero-order valence-corrected chi connectivity index (χ0v) is 20.7. The number of fused-ring (bicyclic) bond motifs is 2. The van der Waals surface area contributed by atoms with Gasteiger partial charge < -0.3 is 15.3 Å². The Kier molecular flexibility index (Phi) is 7.96. The fraction of sp³-hybridized carbons (Fsp3) is 0.0625. The topological polar surface area (TPSA) is 86.5 Å². The number of nitrogens with zero attached hydrogens (tertiary/aromatic N) is 2. The summed E-state index contributed by atoms with van der Waals surface area (Å²) >= 11 is 0. The lowest BCUT2D eigenvalue weighted by atomic mass is 10.1. The first-order valence-corrected chi connectivity index (χ1v) is 11.9. The minimum atomic E-state index is 0.246. The van der Waals surface area contributed by atoms with Crippen LogP contribution in [0.4, 0.5) is 0 Å². The van der Waals surface area contributed by atoms with E-state index in [0.717, 1.165) is 33.3 Å². The van der Waals surface area contributed by atoms with Gasteiger partial charge in [0.2, 0.25) is 0 Å². The van der Waals surface area contributed by atoms with Crippen molar-refractivity contribution in [2.75, 3.05) is 0 Å². The fourth-order valence-electron chi connectivity index (χ4n) is 3.77. The Morgan fingerprint density at radius 3 is 1.46 bits per heavy atom. The lowest BCUT2D eigenvalue weighted by Gasteiger charge is -2.00. The molecule has 0 saturated heterocycles. The summed E-state index contributed by atoms with van der Waals surface area (Å²) in [6.45, 7) is 3.82. The molecule has 0 unspecified atom stereocenters. The number of aryl methyl sites for hydroxylation is 2. The van der Waals surface area contributed by atoms with Crippen LogP contribution in [0.1, 0.15) is 11.4 Å². The molecule has 0 saturated carbocycles. The molecule has 4 aromatic carbocycles. The zero-order valence-electron chi connectivity index (χ0n) is 20.7. The largest absolute Gasteiger partial charge is 0.508 e. The molecule has 3 N–H and O–H groups in total. The zero-order chi connectivity index (χ0) is 26.2. The van der Waals surface area contributed by atoms with Crippen LogP contribution < -0.4 is 0 Å². The van der Waals surface area contributed by atoms with Crippen LogP contribution >= 0.6 is 0 Å². The lowest BCUT2D eigenvalue weighted by Crippen LogP contribution is -1.82. The number of rotatable bonds is 1. The van der Waals surface area contributed by atoms with Crippen LogP contribution in [0, 0.1) is 13.8 Å². The predicted molar refractivity (Wildman–Crippen MR) is 150 cm³/mol. The first-order chi connectivity index (χ1) is 17.9. The van der Waals surface area contributed by atoms with Crippen molar-refractivity contribution in [3.8, 4) is 28.4 Å². The molecule has 37 heavy (non-hydrogen) atoms. The Bertz CT molecular complexity index is 1550. The number of phenolic OH excluding ortho intramolecular Hbond substituents is 3. The van der Waals surface area contributed by atoms with Gasteiger partial charge in [-0.05, 0) is 61.4 Å². The molecule has 0 amide bonds. The van der Waals surface area contributed by atoms with Crippen LogP contribution in [-0.2, 0) is 0 Å². The molecule has 0 aliphatic heterocycles. The standard InChI is InChI=1S/C12H10O.2C10H9NO/c13-12-8-4-7-11(9-12)10-5-2-1-3-6-10;2*1-7-5-6-8-3-2-4-9(12)10(8)11-7/h1-9,13H;2*2-6,12H,1H3. The predicted octanol–water partition coefficient (Wildman–Crippen LogP) is 7.56. The summed E-state index contributed by atoms with van der Waals surface area (Å²) in [6.07, 6.45) is 0. The molecule has 0 bridgehead atoms. The number of phenols is 3. The van der Waals surface area contributed by atoms with Crippen molar-refractivity contribution in [2.24, 2.45) is 0 Å². The van der Waals surface area contributed by atoms with Crippen LogP contribution in [-0.4, -0.2) is 25.3 Å². The SMILES string of the molecule is Cc1ccc2cccc(O)c2n1.Cc1ccc2cccc(O)c2n1.Oc1cccc(-c2ccccc2)c1. The first-order valence-electron chi connectivity index (χ1n) is 11.9. The average molecular weight is 489 g/mol. The van der Waals surface area contributed by atoms with Crippen molar-refractivity contribution in [2.45, 2.75) is 13.8 Å². The van der Waals surface area contributed by atoms with E-state index < -0.39 is 0 Å². The maximum atomic E-state index is 9.43. The molecule has 0 aliphatic rings. The van der Waals surface area contributed by atoms with Gasteiger partial charge in [0.1, 0.15) is 28.3 Å². The van der Waals surface area contributed by atoms with Gasteiger partial charge in [-0.15, -0.1) is 0 Å². The van der Waals surface area contributed by atoms with E-state index in [9.17, 15) is 15.3 Å². The molecule has 0 fully saturated rings. The van der Waals surface area contributed by atoms with Gasteiger partial charge >= 0.3 is 0 Å². The molecular weight excluding hydrogens is 460 g/mol. The second-order valence-corrected chi connectivity index (χ2v) is 8.52. The Morgan fingerprint density at radius 2 is 0.946 bits per heavy atom. The van der Waals surface area contributed by atoms with Gasteiger partial charge in [-0.25, -0.2) is 9.97 Å². The monoisotopic (exact) mass is 488 g/mol. The van der Waals surface area contributed by atoms with Gasteiger partial charge in [-0.3, -0.25) is 0 Å². The number of benzene rings is 4. The average Bonchev–Trinajstić information content (AvgIpc) is 2.91. The van der Waals surface area contributed by atoms with Crippen molar-refractivity contribution < 1.29 is 15.3 Å². The molecule has 6 aromatic rings. The molecule has 6 rings (SSSR count). The first kappa shape index (κ1) is 25.2. The molecule has 0 spiro atoms. The number of pyridine rings is 2. The van der Waals surface area contributed by atoms with Crippen LogP contribution in [0.2, 0.25) is 0 Å². The smallest absolute Gasteiger partial charge is 0.141 e. The third kappa shape index (κ3) is 6.61. The van der Waals surface area contributed by atoms with Crippen molar-refractivity contribution in [3.63, 3.8) is 0 Å². The van der Waals surface area contributed by atoms with E-state index in [2.05, 4.69) is 9.97 Å². The summed E-state index contributed by atoms with van der Waals surface area (Å²) in [4.78, 5) is 8.45. The van der Waals surface area contributed by atoms with E-state index in [0.29, 0.717) is 16.8 Å². The number of aromatic nitrogens is 2. The van der Waals surface area contributed by atoms with Crippen molar-refractivity contribution in [1.29, 1.82) is 0 Å². The van der Waals surface area contributed by atoms with Gasteiger partial charge in [-0.1, -0.05) is 78.9 Å². The van der Waals surface area contributed by atoms with Crippen molar-refractivity contribution in [3.05, 3.63) is 127 Å². The van der Waals surface area contributed by atoms with E-state index in [1.54, 1.807) is 24.3 Å². The third-order valence-corrected chi connectivity index (χ3v) is 5.63. The summed E-state index contributed by atoms with van der Waals surface area (Å²) in [7, 11) is 0. The lowest BCUT2D eigenvalue weighted by molar-refractivity contribution is 0.475. The maximum absolute atomic E-state index is 9.43. The molecule has 0 aliphatic carbocycles.